The minimum Gasteiger partial charge on any atom is -0.481 e. The van der Waals surface area contributed by atoms with E-state index >= 15 is 0 Å². The van der Waals surface area contributed by atoms with Crippen molar-refractivity contribution in [1.82, 2.24) is 4.90 Å². The number of anilines is 4. The molecule has 0 spiro atoms. The van der Waals surface area contributed by atoms with Crippen molar-refractivity contribution in [3.05, 3.63) is 83.4 Å². The van der Waals surface area contributed by atoms with E-state index in [1.54, 1.807) is 47.4 Å². The number of carboxylic acid groups (broad SMARTS) is 1. The Bertz CT molecular complexity index is 1600. The molecule has 1 aliphatic heterocycles. The number of hydrogen-bond acceptors (Lipinski definition) is 5. The third kappa shape index (κ3) is 7.86. The van der Waals surface area contributed by atoms with E-state index < -0.39 is 11.9 Å². The predicted octanol–water partition coefficient (Wildman–Crippen LogP) is 5.42. The molecule has 0 unspecified atom stereocenters. The number of hydrogen-bond donors (Lipinski definition) is 4. The molecule has 3 aromatic rings. The molecular formula is C34H37N5O6. The van der Waals surface area contributed by atoms with Gasteiger partial charge in [0.15, 0.2) is 0 Å². The third-order valence-electron chi connectivity index (χ3n) is 8.16. The summed E-state index contributed by atoms with van der Waals surface area (Å²) < 4.78 is 0. The summed E-state index contributed by atoms with van der Waals surface area (Å²) in [6.45, 7) is 1.62. The molecule has 1 aliphatic carbocycles. The Morgan fingerprint density at radius 2 is 1.58 bits per heavy atom. The highest BCUT2D eigenvalue weighted by Gasteiger charge is 2.36. The number of amides is 5. The molecule has 1 saturated carbocycles. The Morgan fingerprint density at radius 3 is 2.29 bits per heavy atom. The molecule has 0 saturated heterocycles. The average molecular weight is 612 g/mol. The maximum atomic E-state index is 13.6. The number of nitrogens with zero attached hydrogens (tertiary/aromatic N) is 2. The summed E-state index contributed by atoms with van der Waals surface area (Å²) >= 11 is 0. The van der Waals surface area contributed by atoms with E-state index in [-0.39, 0.29) is 55.4 Å². The molecule has 2 aliphatic rings. The maximum absolute atomic E-state index is 13.6. The molecule has 45 heavy (non-hydrogen) atoms. The van der Waals surface area contributed by atoms with Crippen molar-refractivity contribution < 1.29 is 29.1 Å². The molecule has 11 heteroatoms. The molecular weight excluding hydrogens is 574 g/mol. The summed E-state index contributed by atoms with van der Waals surface area (Å²) in [4.78, 5) is 66.6. The smallest absolute Gasteiger partial charge is 0.323 e. The number of nitrogens with one attached hydrogen (secondary N) is 3. The van der Waals surface area contributed by atoms with E-state index in [9.17, 15) is 29.1 Å². The molecule has 0 atom stereocenters. The van der Waals surface area contributed by atoms with E-state index in [0.29, 0.717) is 22.7 Å². The highest BCUT2D eigenvalue weighted by Crippen LogP contribution is 2.34. The fraction of sp³-hybridized carbons (Fsp3) is 0.324. The first-order valence-electron chi connectivity index (χ1n) is 15.2. The Hall–Kier alpha value is -5.19. The van der Waals surface area contributed by atoms with E-state index in [2.05, 4.69) is 16.0 Å². The second-order valence-corrected chi connectivity index (χ2v) is 11.5. The largest absolute Gasteiger partial charge is 0.481 e. The predicted molar refractivity (Wildman–Crippen MR) is 172 cm³/mol. The number of aliphatic carboxylic acids is 1. The number of urea groups is 1. The highest BCUT2D eigenvalue weighted by molar-refractivity contribution is 6.11. The van der Waals surface area contributed by atoms with Crippen molar-refractivity contribution >= 4 is 52.5 Å². The van der Waals surface area contributed by atoms with Crippen molar-refractivity contribution in [3.63, 3.8) is 0 Å². The van der Waals surface area contributed by atoms with E-state index in [1.807, 2.05) is 31.2 Å². The minimum absolute atomic E-state index is 0.0383. The van der Waals surface area contributed by atoms with Gasteiger partial charge in [0.05, 0.1) is 24.1 Å². The first kappa shape index (κ1) is 31.2. The lowest BCUT2D eigenvalue weighted by Gasteiger charge is -2.34. The van der Waals surface area contributed by atoms with Crippen molar-refractivity contribution in [1.29, 1.82) is 0 Å². The molecule has 0 aromatic heterocycles. The maximum Gasteiger partial charge on any atom is 0.323 e. The van der Waals surface area contributed by atoms with Gasteiger partial charge in [-0.1, -0.05) is 49.6 Å². The van der Waals surface area contributed by atoms with Crippen molar-refractivity contribution in [2.75, 3.05) is 33.9 Å². The van der Waals surface area contributed by atoms with Gasteiger partial charge >= 0.3 is 12.0 Å². The number of carboxylic acids is 1. The molecule has 0 bridgehead atoms. The summed E-state index contributed by atoms with van der Waals surface area (Å²) in [5.41, 5.74) is 4.09. The zero-order valence-corrected chi connectivity index (χ0v) is 25.2. The second kappa shape index (κ2) is 14.1. The lowest BCUT2D eigenvalue weighted by Crippen LogP contribution is -2.45. The number of aryl methyl sites for hydroxylation is 1. The number of carbonyl (C=O) groups excluding carboxylic acids is 4. The van der Waals surface area contributed by atoms with Gasteiger partial charge in [0.1, 0.15) is 6.54 Å². The summed E-state index contributed by atoms with van der Waals surface area (Å²) in [6.07, 6.45) is 4.52. The fourth-order valence-electron chi connectivity index (χ4n) is 5.86. The number of para-hydroxylation sites is 1. The number of fused-ring (bicyclic) bond motifs is 1. The van der Waals surface area contributed by atoms with Gasteiger partial charge in [0, 0.05) is 29.6 Å². The fourth-order valence-corrected chi connectivity index (χ4v) is 5.86. The Labute approximate surface area is 261 Å². The molecule has 5 rings (SSSR count). The van der Waals surface area contributed by atoms with Gasteiger partial charge < -0.3 is 30.9 Å². The molecule has 5 amide bonds. The van der Waals surface area contributed by atoms with Crippen LogP contribution in [0.3, 0.4) is 0 Å². The molecule has 1 heterocycles. The van der Waals surface area contributed by atoms with Crippen LogP contribution in [0.25, 0.3) is 0 Å². The van der Waals surface area contributed by atoms with Crippen LogP contribution in [0.1, 0.15) is 60.0 Å². The SMILES string of the molecule is Cc1ccccc1NC(=O)Nc1ccc(CC(=O)Nc2ccc3c(c2)C(=O)N(CCC(=O)O)CC(=O)N3C2CCCCC2)cc1. The van der Waals surface area contributed by atoms with Crippen LogP contribution in [-0.2, 0) is 20.8 Å². The quantitative estimate of drug-likeness (QED) is 0.254. The average Bonchev–Trinajstić information content (AvgIpc) is 3.12. The second-order valence-electron chi connectivity index (χ2n) is 11.5. The van der Waals surface area contributed by atoms with Crippen molar-refractivity contribution in [3.8, 4) is 0 Å². The number of carbonyl (C=O) groups is 5. The van der Waals surface area contributed by atoms with Gasteiger partial charge in [-0.05, 0) is 67.3 Å². The lowest BCUT2D eigenvalue weighted by atomic mass is 9.93. The van der Waals surface area contributed by atoms with Crippen LogP contribution in [0.4, 0.5) is 27.5 Å². The monoisotopic (exact) mass is 611 g/mol. The molecule has 11 nitrogen and oxygen atoms in total. The summed E-state index contributed by atoms with van der Waals surface area (Å²) in [6, 6.07) is 18.9. The number of rotatable bonds is 9. The molecule has 3 aromatic carbocycles. The van der Waals surface area contributed by atoms with Gasteiger partial charge in [-0.15, -0.1) is 0 Å². The van der Waals surface area contributed by atoms with Crippen LogP contribution in [0.5, 0.6) is 0 Å². The zero-order chi connectivity index (χ0) is 31.9. The Morgan fingerprint density at radius 1 is 0.867 bits per heavy atom. The number of benzene rings is 3. The van der Waals surface area contributed by atoms with Crippen molar-refractivity contribution in [2.24, 2.45) is 0 Å². The van der Waals surface area contributed by atoms with Crippen LogP contribution >= 0.6 is 0 Å². The van der Waals surface area contributed by atoms with Crippen LogP contribution in [0, 0.1) is 6.92 Å². The summed E-state index contributed by atoms with van der Waals surface area (Å²) in [5, 5.41) is 17.6. The zero-order valence-electron chi connectivity index (χ0n) is 25.2. The van der Waals surface area contributed by atoms with Crippen LogP contribution < -0.4 is 20.9 Å². The van der Waals surface area contributed by atoms with Crippen LogP contribution in [0.15, 0.2) is 66.7 Å². The Balaban J connectivity index is 1.27. The summed E-state index contributed by atoms with van der Waals surface area (Å²) in [7, 11) is 0. The van der Waals surface area contributed by atoms with Gasteiger partial charge in [-0.2, -0.15) is 0 Å². The lowest BCUT2D eigenvalue weighted by molar-refractivity contribution is -0.137. The van der Waals surface area contributed by atoms with Crippen LogP contribution in [0.2, 0.25) is 0 Å². The third-order valence-corrected chi connectivity index (χ3v) is 8.16. The highest BCUT2D eigenvalue weighted by atomic mass is 16.4. The molecule has 1 fully saturated rings. The van der Waals surface area contributed by atoms with Crippen molar-refractivity contribution in [2.45, 2.75) is 57.9 Å². The Kier molecular flexibility index (Phi) is 9.76. The van der Waals surface area contributed by atoms with E-state index in [1.165, 1.54) is 4.90 Å². The van der Waals surface area contributed by atoms with Gasteiger partial charge in [-0.25, -0.2) is 4.79 Å². The first-order chi connectivity index (χ1) is 21.7. The van der Waals surface area contributed by atoms with E-state index in [0.717, 1.165) is 43.2 Å². The van der Waals surface area contributed by atoms with Gasteiger partial charge in [-0.3, -0.25) is 19.2 Å². The molecule has 0 radical (unpaired) electrons. The van der Waals surface area contributed by atoms with Gasteiger partial charge in [0.2, 0.25) is 11.8 Å². The van der Waals surface area contributed by atoms with Gasteiger partial charge in [0.25, 0.3) is 5.91 Å². The minimum atomic E-state index is -1.06. The normalized spacial score (nSPS) is 15.2. The standard InChI is InChI=1S/C34H37N5O6/c1-22-7-5-6-10-28(22)37-34(45)36-24-13-11-23(12-14-24)19-30(40)35-25-15-16-29-27(20-25)33(44)38(18-17-32(42)43)21-31(41)39(29)26-8-3-2-4-9-26/h5-7,10-16,20,26H,2-4,8-9,17-19,21H2,1H3,(H,35,40)(H,42,43)(H2,36,37,45). The first-order valence-corrected chi connectivity index (χ1v) is 15.2. The van der Waals surface area contributed by atoms with E-state index in [4.69, 9.17) is 0 Å². The molecule has 4 N–H and O–H groups in total. The van der Waals surface area contributed by atoms with Crippen LogP contribution in [-0.4, -0.2) is 58.9 Å². The summed E-state index contributed by atoms with van der Waals surface area (Å²) in [5.74, 6) is -2.04. The molecule has 234 valence electrons. The topological polar surface area (TPSA) is 148 Å².